The van der Waals surface area contributed by atoms with E-state index in [-0.39, 0.29) is 29.6 Å². The van der Waals surface area contributed by atoms with E-state index in [1.807, 2.05) is 29.2 Å². The number of aromatic nitrogens is 4. The molecular weight excluding hydrogens is 619 g/mol. The van der Waals surface area contributed by atoms with Crippen LogP contribution in [0.15, 0.2) is 65.3 Å². The van der Waals surface area contributed by atoms with Gasteiger partial charge in [0.05, 0.1) is 31.2 Å². The summed E-state index contributed by atoms with van der Waals surface area (Å²) < 4.78 is 27.8. The Labute approximate surface area is 274 Å². The maximum absolute atomic E-state index is 15.6. The Bertz CT molecular complexity index is 2030. The van der Waals surface area contributed by atoms with Crippen molar-refractivity contribution in [2.45, 2.75) is 44.8 Å². The number of nitriles is 1. The van der Waals surface area contributed by atoms with Crippen LogP contribution in [0.2, 0.25) is 0 Å². The van der Waals surface area contributed by atoms with Crippen LogP contribution in [-0.4, -0.2) is 63.3 Å². The molecule has 3 aromatic heterocycles. The second-order valence-corrected chi connectivity index (χ2v) is 12.1. The highest BCUT2D eigenvalue weighted by atomic mass is 19.1. The minimum atomic E-state index is -1.08. The second-order valence-electron chi connectivity index (χ2n) is 12.1. The summed E-state index contributed by atoms with van der Waals surface area (Å²) in [6.45, 7) is 4.60. The van der Waals surface area contributed by atoms with Crippen molar-refractivity contribution in [3.8, 4) is 22.9 Å². The number of anilines is 1. The normalized spacial score (nSPS) is 14.6. The Morgan fingerprint density at radius 1 is 1.19 bits per heavy atom. The maximum Gasteiger partial charge on any atom is 0.404 e. The highest BCUT2D eigenvalue weighted by Crippen LogP contribution is 2.37. The fraction of sp³-hybridized carbons (Fsp3) is 0.294. The standard InChI is InChI=1S/C34H33FN8O5/c1-34(2,19-36)28-15-27(41-48-28)32(44)38-16-22-7-6-21(14-26(22)35)25-10-12-37-30-29(25)31(42-13-11-23(18-42)39-33(45)46)40-43(30)17-20-4-8-24(47-3)9-5-20/h4-10,12,14-15,23,39H,11,13,16-18H2,1-3H3,(H,38,44)(H,45,46)/t23-/m1/s1. The van der Waals surface area contributed by atoms with E-state index in [0.717, 1.165) is 11.3 Å². The van der Waals surface area contributed by atoms with E-state index in [0.29, 0.717) is 54.0 Å². The van der Waals surface area contributed by atoms with Crippen LogP contribution in [0.3, 0.4) is 0 Å². The first-order valence-corrected chi connectivity index (χ1v) is 15.2. The van der Waals surface area contributed by atoms with Crippen LogP contribution < -0.4 is 20.3 Å². The lowest BCUT2D eigenvalue weighted by Gasteiger charge is -2.17. The minimum Gasteiger partial charge on any atom is -0.497 e. The zero-order valence-electron chi connectivity index (χ0n) is 26.5. The highest BCUT2D eigenvalue weighted by molar-refractivity contribution is 6.01. The predicted octanol–water partition coefficient (Wildman–Crippen LogP) is 4.86. The fourth-order valence-electron chi connectivity index (χ4n) is 5.66. The molecule has 2 aromatic carbocycles. The number of nitrogens with zero attached hydrogens (tertiary/aromatic N) is 6. The van der Waals surface area contributed by atoms with E-state index in [2.05, 4.69) is 26.8 Å². The lowest BCUT2D eigenvalue weighted by Crippen LogP contribution is -2.36. The molecule has 48 heavy (non-hydrogen) atoms. The molecule has 0 bridgehead atoms. The van der Waals surface area contributed by atoms with Gasteiger partial charge in [0.25, 0.3) is 5.91 Å². The molecule has 1 fully saturated rings. The summed E-state index contributed by atoms with van der Waals surface area (Å²) in [5, 5.41) is 33.2. The molecule has 0 unspecified atom stereocenters. The molecule has 3 N–H and O–H groups in total. The quantitative estimate of drug-likeness (QED) is 0.189. The van der Waals surface area contributed by atoms with Gasteiger partial charge in [0, 0.05) is 37.5 Å². The molecule has 1 atom stereocenters. The van der Waals surface area contributed by atoms with E-state index in [4.69, 9.17) is 14.4 Å². The van der Waals surface area contributed by atoms with Crippen LogP contribution in [0.25, 0.3) is 22.2 Å². The number of carbonyl (C=O) groups excluding carboxylic acids is 1. The zero-order chi connectivity index (χ0) is 34.0. The topological polar surface area (TPSA) is 171 Å². The monoisotopic (exact) mass is 652 g/mol. The second kappa shape index (κ2) is 13.0. The number of benzene rings is 2. The third-order valence-electron chi connectivity index (χ3n) is 8.36. The molecule has 0 spiro atoms. The van der Waals surface area contributed by atoms with Crippen molar-refractivity contribution < 1.29 is 28.3 Å². The van der Waals surface area contributed by atoms with Crippen LogP contribution in [0, 0.1) is 17.1 Å². The first-order chi connectivity index (χ1) is 23.1. The Hall–Kier alpha value is -5.97. The molecule has 13 nitrogen and oxygen atoms in total. The number of hydrogen-bond donors (Lipinski definition) is 3. The average Bonchev–Trinajstić information content (AvgIpc) is 3.84. The number of pyridine rings is 1. The van der Waals surface area contributed by atoms with Crippen molar-refractivity contribution in [1.82, 2.24) is 30.6 Å². The number of rotatable bonds is 10. The van der Waals surface area contributed by atoms with E-state index < -0.39 is 23.2 Å². The van der Waals surface area contributed by atoms with Gasteiger partial charge in [0.2, 0.25) is 0 Å². The molecule has 1 aliphatic rings. The Morgan fingerprint density at radius 2 is 1.98 bits per heavy atom. The molecule has 0 aliphatic carbocycles. The molecule has 14 heteroatoms. The number of nitrogens with one attached hydrogen (secondary N) is 2. The molecule has 1 saturated heterocycles. The van der Waals surface area contributed by atoms with Crippen molar-refractivity contribution in [2.75, 3.05) is 25.1 Å². The lowest BCUT2D eigenvalue weighted by atomic mass is 9.92. The minimum absolute atomic E-state index is 0.00795. The number of ether oxygens (including phenoxy) is 1. The van der Waals surface area contributed by atoms with Crippen molar-refractivity contribution in [3.63, 3.8) is 0 Å². The van der Waals surface area contributed by atoms with Gasteiger partial charge in [-0.3, -0.25) is 4.79 Å². The molecular formula is C34H33FN8O5. The molecule has 5 aromatic rings. The molecule has 4 heterocycles. The van der Waals surface area contributed by atoms with Gasteiger partial charge in [-0.2, -0.15) is 10.4 Å². The van der Waals surface area contributed by atoms with Crippen molar-refractivity contribution >= 4 is 28.9 Å². The van der Waals surface area contributed by atoms with Crippen LogP contribution in [0.5, 0.6) is 5.75 Å². The van der Waals surface area contributed by atoms with E-state index in [1.54, 1.807) is 50.0 Å². The number of carbonyl (C=O) groups is 2. The first kappa shape index (κ1) is 32.0. The fourth-order valence-corrected chi connectivity index (χ4v) is 5.66. The number of amides is 2. The van der Waals surface area contributed by atoms with Crippen molar-refractivity contribution in [3.05, 3.63) is 89.2 Å². The van der Waals surface area contributed by atoms with Crippen molar-refractivity contribution in [1.29, 1.82) is 5.26 Å². The van der Waals surface area contributed by atoms with Crippen LogP contribution in [-0.2, 0) is 18.5 Å². The molecule has 6 rings (SSSR count). The summed E-state index contributed by atoms with van der Waals surface area (Å²) in [7, 11) is 1.61. The zero-order valence-corrected chi connectivity index (χ0v) is 26.5. The van der Waals surface area contributed by atoms with Crippen LogP contribution in [0.4, 0.5) is 15.0 Å². The van der Waals surface area contributed by atoms with E-state index >= 15 is 4.39 Å². The summed E-state index contributed by atoms with van der Waals surface area (Å²) >= 11 is 0. The molecule has 246 valence electrons. The Morgan fingerprint density at radius 3 is 2.69 bits per heavy atom. The molecule has 1 aliphatic heterocycles. The summed E-state index contributed by atoms with van der Waals surface area (Å²) in [6.07, 6.45) is 1.17. The number of fused-ring (bicyclic) bond motifs is 1. The van der Waals surface area contributed by atoms with Gasteiger partial charge < -0.3 is 29.9 Å². The molecule has 0 radical (unpaired) electrons. The van der Waals surface area contributed by atoms with E-state index in [1.165, 1.54) is 12.1 Å². The largest absolute Gasteiger partial charge is 0.497 e. The SMILES string of the molecule is COc1ccc(Cn2nc(N3CC[C@@H](NC(=O)O)C3)c3c(-c4ccc(CNC(=O)c5cc(C(C)(C)C#N)on5)c(F)c4)ccnc32)cc1. The van der Waals surface area contributed by atoms with Gasteiger partial charge >= 0.3 is 6.09 Å². The highest BCUT2D eigenvalue weighted by Gasteiger charge is 2.30. The van der Waals surface area contributed by atoms with Gasteiger partial charge in [-0.25, -0.2) is 18.9 Å². The third kappa shape index (κ3) is 6.48. The number of methoxy groups -OCH3 is 1. The van der Waals surface area contributed by atoms with Gasteiger partial charge in [0.15, 0.2) is 22.9 Å². The van der Waals surface area contributed by atoms with E-state index in [9.17, 15) is 20.0 Å². The number of hydrogen-bond acceptors (Lipinski definition) is 9. The van der Waals surface area contributed by atoms with Gasteiger partial charge in [-0.1, -0.05) is 29.4 Å². The summed E-state index contributed by atoms with van der Waals surface area (Å²) in [5.74, 6) is 0.524. The molecule has 0 saturated carbocycles. The Balaban J connectivity index is 1.30. The van der Waals surface area contributed by atoms with Crippen LogP contribution >= 0.6 is 0 Å². The number of carboxylic acid groups (broad SMARTS) is 1. The summed E-state index contributed by atoms with van der Waals surface area (Å²) in [5.41, 5.74) is 2.15. The summed E-state index contributed by atoms with van der Waals surface area (Å²) in [4.78, 5) is 30.7. The molecule has 2 amide bonds. The smallest absolute Gasteiger partial charge is 0.404 e. The third-order valence-corrected chi connectivity index (χ3v) is 8.36. The first-order valence-electron chi connectivity index (χ1n) is 15.2. The Kier molecular flexibility index (Phi) is 8.68. The summed E-state index contributed by atoms with van der Waals surface area (Å²) in [6, 6.07) is 17.4. The van der Waals surface area contributed by atoms with Crippen molar-refractivity contribution in [2.24, 2.45) is 0 Å². The lowest BCUT2D eigenvalue weighted by molar-refractivity contribution is 0.0941. The maximum atomic E-state index is 15.6. The average molecular weight is 653 g/mol. The predicted molar refractivity (Wildman–Crippen MR) is 173 cm³/mol. The van der Waals surface area contributed by atoms with Gasteiger partial charge in [-0.15, -0.1) is 0 Å². The van der Waals surface area contributed by atoms with Gasteiger partial charge in [-0.05, 0) is 61.2 Å². The van der Waals surface area contributed by atoms with Gasteiger partial charge in [0.1, 0.15) is 17.0 Å². The van der Waals surface area contributed by atoms with Crippen LogP contribution in [0.1, 0.15) is 47.6 Å². The number of halogens is 1.